The number of pyridine rings is 1. The summed E-state index contributed by atoms with van der Waals surface area (Å²) in [6, 6.07) is 3.02. The van der Waals surface area contributed by atoms with Crippen LogP contribution in [0.3, 0.4) is 0 Å². The van der Waals surface area contributed by atoms with Gasteiger partial charge < -0.3 is 10.0 Å². The normalized spacial score (nSPS) is 15.6. The average molecular weight is 236 g/mol. The molecule has 0 unspecified atom stereocenters. The Labute approximate surface area is 98.4 Å². The molecule has 0 fully saturated rings. The number of carbonyl (C=O) groups is 1. The zero-order valence-corrected chi connectivity index (χ0v) is 9.48. The molecule has 0 bridgehead atoms. The maximum atomic E-state index is 13.1. The maximum Gasteiger partial charge on any atom is 0.407 e. The number of rotatable bonds is 1. The zero-order chi connectivity index (χ0) is 12.4. The lowest BCUT2D eigenvalue weighted by Gasteiger charge is -2.23. The first-order valence-corrected chi connectivity index (χ1v) is 5.38. The summed E-state index contributed by atoms with van der Waals surface area (Å²) < 4.78 is 13.1. The molecule has 0 spiro atoms. The largest absolute Gasteiger partial charge is 0.465 e. The number of hydrogen-bond acceptors (Lipinski definition) is 2. The van der Waals surface area contributed by atoms with Gasteiger partial charge in [-0.05, 0) is 31.1 Å². The lowest BCUT2D eigenvalue weighted by atomic mass is 10.0. The molecule has 5 heteroatoms. The average Bonchev–Trinajstić information content (AvgIpc) is 2.33. The van der Waals surface area contributed by atoms with Crippen molar-refractivity contribution in [3.63, 3.8) is 0 Å². The Hall–Kier alpha value is -1.91. The Morgan fingerprint density at radius 2 is 2.29 bits per heavy atom. The van der Waals surface area contributed by atoms with E-state index in [4.69, 9.17) is 5.11 Å². The molecule has 1 aromatic rings. The van der Waals surface area contributed by atoms with Gasteiger partial charge in [-0.1, -0.05) is 6.08 Å². The predicted octanol–water partition coefficient (Wildman–Crippen LogP) is 2.30. The quantitative estimate of drug-likeness (QED) is 0.814. The van der Waals surface area contributed by atoms with Crippen molar-refractivity contribution in [3.05, 3.63) is 35.4 Å². The zero-order valence-electron chi connectivity index (χ0n) is 9.48. The van der Waals surface area contributed by atoms with Crippen molar-refractivity contribution >= 4 is 11.7 Å². The smallest absolute Gasteiger partial charge is 0.407 e. The van der Waals surface area contributed by atoms with Crippen LogP contribution < -0.4 is 0 Å². The number of aryl methyl sites for hydroxylation is 1. The summed E-state index contributed by atoms with van der Waals surface area (Å²) in [4.78, 5) is 16.2. The van der Waals surface area contributed by atoms with Crippen molar-refractivity contribution in [1.29, 1.82) is 0 Å². The molecule has 1 aliphatic heterocycles. The van der Waals surface area contributed by atoms with Gasteiger partial charge in [0, 0.05) is 13.1 Å². The highest BCUT2D eigenvalue weighted by atomic mass is 19.1. The summed E-state index contributed by atoms with van der Waals surface area (Å²) in [7, 11) is 0. The minimum atomic E-state index is -0.913. The summed E-state index contributed by atoms with van der Waals surface area (Å²) in [6.45, 7) is 2.44. The molecule has 1 N–H and O–H groups in total. The van der Waals surface area contributed by atoms with Gasteiger partial charge in [-0.15, -0.1) is 0 Å². The molecule has 2 heterocycles. The van der Waals surface area contributed by atoms with E-state index in [2.05, 4.69) is 4.98 Å². The molecule has 0 atom stereocenters. The van der Waals surface area contributed by atoms with Crippen LogP contribution >= 0.6 is 0 Å². The van der Waals surface area contributed by atoms with Crippen LogP contribution in [0.4, 0.5) is 9.18 Å². The first-order chi connectivity index (χ1) is 8.08. The first kappa shape index (κ1) is 11.6. The summed E-state index contributed by atoms with van der Waals surface area (Å²) in [6.07, 6.45) is 1.53. The predicted molar refractivity (Wildman–Crippen MR) is 61.1 cm³/mol. The number of aromatic nitrogens is 1. The maximum absolute atomic E-state index is 13.1. The summed E-state index contributed by atoms with van der Waals surface area (Å²) in [5, 5.41) is 8.81. The fourth-order valence-electron chi connectivity index (χ4n) is 1.80. The van der Waals surface area contributed by atoms with Crippen molar-refractivity contribution in [2.45, 2.75) is 13.3 Å². The third kappa shape index (κ3) is 2.43. The Morgan fingerprint density at radius 3 is 2.82 bits per heavy atom. The molecule has 1 amide bonds. The van der Waals surface area contributed by atoms with Gasteiger partial charge in [0.05, 0.1) is 11.4 Å². The van der Waals surface area contributed by atoms with Gasteiger partial charge in [-0.25, -0.2) is 9.18 Å². The van der Waals surface area contributed by atoms with Gasteiger partial charge >= 0.3 is 6.09 Å². The van der Waals surface area contributed by atoms with Crippen LogP contribution in [0, 0.1) is 12.7 Å². The third-order valence-electron chi connectivity index (χ3n) is 2.83. The lowest BCUT2D eigenvalue weighted by Crippen LogP contribution is -2.33. The van der Waals surface area contributed by atoms with E-state index in [1.54, 1.807) is 13.0 Å². The van der Waals surface area contributed by atoms with Crippen LogP contribution in [-0.4, -0.2) is 34.2 Å². The van der Waals surface area contributed by atoms with E-state index in [0.717, 1.165) is 11.3 Å². The van der Waals surface area contributed by atoms with Crippen LogP contribution in [0.5, 0.6) is 0 Å². The topological polar surface area (TPSA) is 53.4 Å². The number of nitrogens with zero attached hydrogens (tertiary/aromatic N) is 2. The lowest BCUT2D eigenvalue weighted by molar-refractivity contribution is 0.150. The third-order valence-corrected chi connectivity index (χ3v) is 2.83. The molecule has 17 heavy (non-hydrogen) atoms. The van der Waals surface area contributed by atoms with E-state index in [1.165, 1.54) is 11.0 Å². The Morgan fingerprint density at radius 1 is 1.53 bits per heavy atom. The van der Waals surface area contributed by atoms with E-state index in [0.29, 0.717) is 25.2 Å². The minimum absolute atomic E-state index is 0.322. The van der Waals surface area contributed by atoms with E-state index < -0.39 is 6.09 Å². The standard InChI is InChI=1S/C12H13FN2O2/c1-8-10(13)2-3-11(14-8)9-4-6-15(7-5-9)12(16)17/h2-4H,5-7H2,1H3,(H,16,17). The van der Waals surface area contributed by atoms with Crippen molar-refractivity contribution < 1.29 is 14.3 Å². The highest BCUT2D eigenvalue weighted by Crippen LogP contribution is 2.21. The Bertz CT molecular complexity index is 485. The number of amides is 1. The number of halogens is 1. The SMILES string of the molecule is Cc1nc(C2=CCN(C(=O)O)CC2)ccc1F. The van der Waals surface area contributed by atoms with Gasteiger partial charge in [-0.3, -0.25) is 4.98 Å². The van der Waals surface area contributed by atoms with Crippen LogP contribution in [0.25, 0.3) is 5.57 Å². The summed E-state index contributed by atoms with van der Waals surface area (Å²) in [5.74, 6) is -0.322. The molecular formula is C12H13FN2O2. The van der Waals surface area contributed by atoms with Gasteiger partial charge in [0.25, 0.3) is 0 Å². The van der Waals surface area contributed by atoms with Crippen molar-refractivity contribution in [1.82, 2.24) is 9.88 Å². The first-order valence-electron chi connectivity index (χ1n) is 5.38. The molecule has 0 aliphatic carbocycles. The molecule has 0 saturated carbocycles. The van der Waals surface area contributed by atoms with Gasteiger partial charge in [-0.2, -0.15) is 0 Å². The molecule has 2 rings (SSSR count). The van der Waals surface area contributed by atoms with Crippen LogP contribution in [-0.2, 0) is 0 Å². The molecule has 90 valence electrons. The van der Waals surface area contributed by atoms with Crippen LogP contribution in [0.1, 0.15) is 17.8 Å². The van der Waals surface area contributed by atoms with Gasteiger partial charge in [0.1, 0.15) is 5.82 Å². The molecule has 0 radical (unpaired) electrons. The van der Waals surface area contributed by atoms with Crippen LogP contribution in [0.15, 0.2) is 18.2 Å². The van der Waals surface area contributed by atoms with Gasteiger partial charge in [0.2, 0.25) is 0 Å². The Balaban J connectivity index is 2.19. The van der Waals surface area contributed by atoms with Crippen molar-refractivity contribution in [2.75, 3.05) is 13.1 Å². The highest BCUT2D eigenvalue weighted by Gasteiger charge is 2.17. The molecule has 0 aromatic carbocycles. The van der Waals surface area contributed by atoms with Gasteiger partial charge in [0.15, 0.2) is 0 Å². The Kier molecular flexibility index (Phi) is 3.08. The van der Waals surface area contributed by atoms with E-state index in [1.807, 2.05) is 6.08 Å². The molecule has 4 nitrogen and oxygen atoms in total. The molecule has 1 aromatic heterocycles. The molecule has 0 saturated heterocycles. The summed E-state index contributed by atoms with van der Waals surface area (Å²) >= 11 is 0. The fraction of sp³-hybridized carbons (Fsp3) is 0.333. The van der Waals surface area contributed by atoms with Crippen molar-refractivity contribution in [3.8, 4) is 0 Å². The van der Waals surface area contributed by atoms with E-state index in [9.17, 15) is 9.18 Å². The minimum Gasteiger partial charge on any atom is -0.465 e. The highest BCUT2D eigenvalue weighted by molar-refractivity contribution is 5.70. The molecule has 1 aliphatic rings. The monoisotopic (exact) mass is 236 g/mol. The summed E-state index contributed by atoms with van der Waals surface area (Å²) in [5.41, 5.74) is 2.07. The second-order valence-corrected chi connectivity index (χ2v) is 3.97. The number of hydrogen-bond donors (Lipinski definition) is 1. The second-order valence-electron chi connectivity index (χ2n) is 3.97. The molecular weight excluding hydrogens is 223 g/mol. The second kappa shape index (κ2) is 4.53. The fourth-order valence-corrected chi connectivity index (χ4v) is 1.80. The number of carboxylic acid groups (broad SMARTS) is 1. The van der Waals surface area contributed by atoms with E-state index in [-0.39, 0.29) is 5.82 Å². The van der Waals surface area contributed by atoms with E-state index >= 15 is 0 Å². The van der Waals surface area contributed by atoms with Crippen LogP contribution in [0.2, 0.25) is 0 Å². The van der Waals surface area contributed by atoms with Crippen molar-refractivity contribution in [2.24, 2.45) is 0 Å².